The third kappa shape index (κ3) is 3.57. The van der Waals surface area contributed by atoms with Crippen LogP contribution in [0.4, 0.5) is 0 Å². The van der Waals surface area contributed by atoms with Crippen molar-refractivity contribution in [3.05, 3.63) is 35.9 Å². The standard InChI is InChI=1S/C41H60O5/c1-6-11-29-40-23-22-39-15-10-14-38(30-26-35(3,33(43)44)17-16-34(30,2)18-20-37(38,39)5)21-19-36(39,4)32(40)28(42)25-41(29,45)46-31(40)24-27-12-8-7-9-13-27/h7-9,12-13,28-32,42,45H,6,10-11,14-26H2,1-5H3,(H,43,44)/t28-,29+,30+,31-,32-,34+,35+,36-,37-,38-,39-,40+,41-/m0/s1. The maximum Gasteiger partial charge on any atom is 0.309 e. The van der Waals surface area contributed by atoms with E-state index in [9.17, 15) is 20.1 Å². The molecule has 1 heterocycles. The summed E-state index contributed by atoms with van der Waals surface area (Å²) in [4.78, 5) is 12.7. The highest BCUT2D eigenvalue weighted by atomic mass is 16.6. The molecule has 0 unspecified atom stereocenters. The molecular formula is C41H60O5. The van der Waals surface area contributed by atoms with Crippen molar-refractivity contribution in [2.24, 2.45) is 55.7 Å². The van der Waals surface area contributed by atoms with Crippen LogP contribution in [-0.2, 0) is 16.0 Å². The summed E-state index contributed by atoms with van der Waals surface area (Å²) in [5.74, 6) is -1.32. The molecule has 5 heteroatoms. The lowest BCUT2D eigenvalue weighted by Crippen LogP contribution is -2.77. The third-order valence-electron chi connectivity index (χ3n) is 17.8. The van der Waals surface area contributed by atoms with Gasteiger partial charge in [-0.3, -0.25) is 4.79 Å². The first kappa shape index (κ1) is 31.8. The molecule has 6 aliphatic carbocycles. The largest absolute Gasteiger partial charge is 0.481 e. The Morgan fingerprint density at radius 3 is 2.35 bits per heavy atom. The van der Waals surface area contributed by atoms with Gasteiger partial charge in [0.15, 0.2) is 5.79 Å². The molecule has 254 valence electrons. The maximum atomic E-state index is 12.7. The van der Waals surface area contributed by atoms with Gasteiger partial charge in [-0.15, -0.1) is 0 Å². The predicted octanol–water partition coefficient (Wildman–Crippen LogP) is 8.55. The Morgan fingerprint density at radius 1 is 0.891 bits per heavy atom. The number of carbonyl (C=O) groups is 1. The number of rotatable bonds is 5. The molecule has 7 fully saturated rings. The minimum absolute atomic E-state index is 0.0358. The molecule has 4 bridgehead atoms. The number of aliphatic hydroxyl groups excluding tert-OH is 1. The fourth-order valence-electron chi connectivity index (χ4n) is 15.8. The van der Waals surface area contributed by atoms with E-state index in [-0.39, 0.29) is 50.4 Å². The summed E-state index contributed by atoms with van der Waals surface area (Å²) >= 11 is 0. The van der Waals surface area contributed by atoms with Crippen molar-refractivity contribution in [2.45, 2.75) is 155 Å². The number of hydrogen-bond donors (Lipinski definition) is 3. The summed E-state index contributed by atoms with van der Waals surface area (Å²) in [5.41, 5.74) is 0.849. The van der Waals surface area contributed by atoms with Gasteiger partial charge in [-0.25, -0.2) is 0 Å². The van der Waals surface area contributed by atoms with Crippen LogP contribution in [0.3, 0.4) is 0 Å². The van der Waals surface area contributed by atoms with E-state index in [0.717, 1.165) is 64.2 Å². The minimum atomic E-state index is -1.27. The molecule has 1 aromatic carbocycles. The molecule has 3 N–H and O–H groups in total. The van der Waals surface area contributed by atoms with Gasteiger partial charge in [-0.1, -0.05) is 70.9 Å². The number of aliphatic hydroxyl groups is 2. The number of aliphatic carboxylic acids is 1. The van der Waals surface area contributed by atoms with Crippen LogP contribution in [0.15, 0.2) is 30.3 Å². The minimum Gasteiger partial charge on any atom is -0.481 e. The van der Waals surface area contributed by atoms with Gasteiger partial charge in [0.05, 0.1) is 17.6 Å². The molecule has 6 saturated carbocycles. The van der Waals surface area contributed by atoms with E-state index in [1.54, 1.807) is 0 Å². The van der Waals surface area contributed by atoms with Gasteiger partial charge in [-0.05, 0) is 135 Å². The van der Waals surface area contributed by atoms with E-state index in [4.69, 9.17) is 4.74 Å². The van der Waals surface area contributed by atoms with E-state index >= 15 is 0 Å². The second-order valence-electron chi connectivity index (χ2n) is 19.0. The van der Waals surface area contributed by atoms with Crippen molar-refractivity contribution < 1.29 is 24.9 Å². The SMILES string of the molecule is CCC[C@@H]1[C@@]23CC[C@@]45CCC[C@]6(CC[C@@]4(C)[C@@H]2[C@@H](O)C[C@]1(O)O[C@H]3Cc1ccccc1)[C@@H]1C[C@](C)(C(=O)O)CC[C@]1(C)CC[C@@]65C. The van der Waals surface area contributed by atoms with Crippen molar-refractivity contribution in [1.82, 2.24) is 0 Å². The fraction of sp³-hybridized carbons (Fsp3) is 0.829. The van der Waals surface area contributed by atoms with Crippen LogP contribution < -0.4 is 0 Å². The van der Waals surface area contributed by atoms with Crippen LogP contribution in [0.2, 0.25) is 0 Å². The Labute approximate surface area is 277 Å². The first-order chi connectivity index (χ1) is 21.7. The monoisotopic (exact) mass is 632 g/mol. The molecule has 8 rings (SSSR count). The van der Waals surface area contributed by atoms with Crippen LogP contribution in [0.5, 0.6) is 0 Å². The van der Waals surface area contributed by atoms with E-state index in [1.165, 1.54) is 37.7 Å². The van der Waals surface area contributed by atoms with E-state index in [1.807, 2.05) is 6.92 Å². The lowest BCUT2D eigenvalue weighted by atomic mass is 9.22. The molecule has 0 aromatic heterocycles. The first-order valence-corrected chi connectivity index (χ1v) is 19.1. The number of ether oxygens (including phenoxy) is 1. The molecule has 0 radical (unpaired) electrons. The van der Waals surface area contributed by atoms with Crippen molar-refractivity contribution >= 4 is 5.97 Å². The molecule has 46 heavy (non-hydrogen) atoms. The van der Waals surface area contributed by atoms with Crippen molar-refractivity contribution in [3.63, 3.8) is 0 Å². The average Bonchev–Trinajstić information content (AvgIpc) is 3.15. The van der Waals surface area contributed by atoms with Crippen LogP contribution in [0, 0.1) is 55.7 Å². The number of fused-ring (bicyclic) bond motifs is 3. The van der Waals surface area contributed by atoms with Gasteiger partial charge < -0.3 is 20.1 Å². The quantitative estimate of drug-likeness (QED) is 0.303. The molecule has 5 nitrogen and oxygen atoms in total. The second-order valence-corrected chi connectivity index (χ2v) is 19.0. The van der Waals surface area contributed by atoms with Gasteiger partial charge >= 0.3 is 5.97 Å². The lowest BCUT2D eigenvalue weighted by Gasteiger charge is -2.82. The predicted molar refractivity (Wildman–Crippen MR) is 179 cm³/mol. The first-order valence-electron chi connectivity index (χ1n) is 19.1. The number of benzene rings is 1. The van der Waals surface area contributed by atoms with Gasteiger partial charge in [-0.2, -0.15) is 0 Å². The van der Waals surface area contributed by atoms with Crippen LogP contribution in [-0.4, -0.2) is 39.3 Å². The summed E-state index contributed by atoms with van der Waals surface area (Å²) in [5, 5.41) is 35.2. The number of carboxylic acid groups (broad SMARTS) is 1. The highest BCUT2D eigenvalue weighted by Gasteiger charge is 2.83. The van der Waals surface area contributed by atoms with Gasteiger partial charge in [0.25, 0.3) is 0 Å². The Bertz CT molecular complexity index is 1400. The Balaban J connectivity index is 1.26. The van der Waals surface area contributed by atoms with E-state index < -0.39 is 23.3 Å². The zero-order valence-electron chi connectivity index (χ0n) is 29.2. The maximum absolute atomic E-state index is 12.7. The smallest absolute Gasteiger partial charge is 0.309 e. The van der Waals surface area contributed by atoms with Crippen molar-refractivity contribution in [1.29, 1.82) is 0 Å². The normalized spacial score (nSPS) is 55.4. The topological polar surface area (TPSA) is 87.0 Å². The Morgan fingerprint density at radius 2 is 1.63 bits per heavy atom. The summed E-state index contributed by atoms with van der Waals surface area (Å²) in [6.07, 6.45) is 15.4. The molecule has 1 aliphatic heterocycles. The van der Waals surface area contributed by atoms with Crippen LogP contribution >= 0.6 is 0 Å². The van der Waals surface area contributed by atoms with Crippen molar-refractivity contribution in [2.75, 3.05) is 0 Å². The van der Waals surface area contributed by atoms with Crippen molar-refractivity contribution in [3.8, 4) is 0 Å². The summed E-state index contributed by atoms with van der Waals surface area (Å²) in [6, 6.07) is 10.7. The van der Waals surface area contributed by atoms with Gasteiger partial charge in [0.2, 0.25) is 0 Å². The summed E-state index contributed by atoms with van der Waals surface area (Å²) < 4.78 is 6.90. The van der Waals surface area contributed by atoms with E-state index in [2.05, 4.69) is 58.0 Å². The Hall–Kier alpha value is -1.43. The molecule has 13 atom stereocenters. The van der Waals surface area contributed by atoms with E-state index in [0.29, 0.717) is 12.3 Å². The molecule has 1 aromatic rings. The van der Waals surface area contributed by atoms with Crippen LogP contribution in [0.1, 0.15) is 136 Å². The number of carboxylic acids is 1. The molecule has 2 spiro atoms. The summed E-state index contributed by atoms with van der Waals surface area (Å²) in [6.45, 7) is 12.0. The fourth-order valence-corrected chi connectivity index (χ4v) is 15.8. The molecule has 0 amide bonds. The Kier molecular flexibility index (Phi) is 6.81. The lowest BCUT2D eigenvalue weighted by molar-refractivity contribution is -0.346. The summed E-state index contributed by atoms with van der Waals surface area (Å²) in [7, 11) is 0. The highest BCUT2D eigenvalue weighted by Crippen LogP contribution is 2.87. The molecule has 1 saturated heterocycles. The number of hydrogen-bond acceptors (Lipinski definition) is 4. The van der Waals surface area contributed by atoms with Crippen LogP contribution in [0.25, 0.3) is 0 Å². The third-order valence-corrected chi connectivity index (χ3v) is 17.8. The molecule has 7 aliphatic rings. The highest BCUT2D eigenvalue weighted by molar-refractivity contribution is 5.74. The van der Waals surface area contributed by atoms with Gasteiger partial charge in [0.1, 0.15) is 0 Å². The van der Waals surface area contributed by atoms with Gasteiger partial charge in [0, 0.05) is 17.8 Å². The zero-order valence-corrected chi connectivity index (χ0v) is 29.2. The second kappa shape index (κ2) is 9.84. The zero-order chi connectivity index (χ0) is 32.6. The average molecular weight is 633 g/mol. The molecular weight excluding hydrogens is 572 g/mol.